The number of hydrogen-bond donors (Lipinski definition) is 2. The fraction of sp³-hybridized carbons (Fsp3) is 0.403. The van der Waals surface area contributed by atoms with Crippen molar-refractivity contribution in [3.05, 3.63) is 119 Å². The molecule has 422 valence electrons. The molecule has 1 fully saturated rings. The highest BCUT2D eigenvalue weighted by atomic mass is 16.5. The molecule has 0 aliphatic carbocycles. The minimum absolute atomic E-state index is 0.00596. The van der Waals surface area contributed by atoms with Gasteiger partial charge in [0, 0.05) is 73.7 Å². The maximum Gasteiger partial charge on any atom is 0.260 e. The lowest BCUT2D eigenvalue weighted by Gasteiger charge is -2.24. The smallest absolute Gasteiger partial charge is 0.260 e. The Labute approximate surface area is 468 Å². The van der Waals surface area contributed by atoms with Crippen molar-refractivity contribution in [2.75, 3.05) is 39.3 Å². The van der Waals surface area contributed by atoms with Crippen LogP contribution in [0.3, 0.4) is 0 Å². The highest BCUT2D eigenvalue weighted by molar-refractivity contribution is 6.07. The van der Waals surface area contributed by atoms with Gasteiger partial charge in [0.2, 0.25) is 23.6 Å². The molecule has 6 amide bonds. The second kappa shape index (κ2) is 26.5. The Morgan fingerprint density at radius 2 is 1.35 bits per heavy atom. The number of ketones is 1. The van der Waals surface area contributed by atoms with E-state index in [9.17, 15) is 33.6 Å². The zero-order chi connectivity index (χ0) is 57.9. The zero-order valence-corrected chi connectivity index (χ0v) is 47.6. The molecule has 80 heavy (non-hydrogen) atoms. The number of aliphatic imine (C=N–C) groups is 2. The topological polar surface area (TPSA) is 215 Å². The lowest BCUT2D eigenvalue weighted by molar-refractivity contribution is -0.143. The third kappa shape index (κ3) is 14.1. The number of hydrogen-bond acceptors (Lipinski definition) is 13. The molecule has 5 aliphatic heterocycles. The van der Waals surface area contributed by atoms with Crippen molar-refractivity contribution in [1.29, 1.82) is 0 Å². The van der Waals surface area contributed by atoms with Gasteiger partial charge in [-0.15, -0.1) is 0 Å². The summed E-state index contributed by atoms with van der Waals surface area (Å²) in [6.45, 7) is 17.6. The Hall–Kier alpha value is -8.41. The zero-order valence-electron chi connectivity index (χ0n) is 47.6. The van der Waals surface area contributed by atoms with Crippen LogP contribution in [0.2, 0.25) is 0 Å². The minimum atomic E-state index is -0.813. The number of Topliss-reactive ketones (excluding diaryl/α,β-unsaturated/α-hetero) is 1. The van der Waals surface area contributed by atoms with Crippen LogP contribution < -0.4 is 29.6 Å². The monoisotopic (exact) mass is 1090 g/mol. The number of nitrogens with one attached hydrogen (secondary N) is 2. The Kier molecular flexibility index (Phi) is 19.6. The lowest BCUT2D eigenvalue weighted by atomic mass is 9.92. The number of benzene rings is 4. The molecular weight excluding hydrogens is 1020 g/mol. The van der Waals surface area contributed by atoms with Gasteiger partial charge >= 0.3 is 0 Å². The van der Waals surface area contributed by atoms with Crippen LogP contribution in [-0.4, -0.2) is 120 Å². The first-order valence-electron chi connectivity index (χ1n) is 27.2. The van der Waals surface area contributed by atoms with Crippen LogP contribution in [0, 0.1) is 31.6 Å². The average molecular weight is 1090 g/mol. The van der Waals surface area contributed by atoms with Gasteiger partial charge in [-0.1, -0.05) is 70.0 Å². The van der Waals surface area contributed by atoms with Crippen LogP contribution in [0.4, 0.5) is 17.1 Å². The fourth-order valence-corrected chi connectivity index (χ4v) is 9.73. The third-order valence-electron chi connectivity index (χ3n) is 14.2. The average Bonchev–Trinajstić information content (AvgIpc) is 4.19. The summed E-state index contributed by atoms with van der Waals surface area (Å²) in [5, 5.41) is 5.42. The molecular formula is C62H73N7O11. The van der Waals surface area contributed by atoms with Gasteiger partial charge in [0.1, 0.15) is 18.0 Å². The van der Waals surface area contributed by atoms with Gasteiger partial charge in [-0.3, -0.25) is 48.4 Å². The maximum atomic E-state index is 13.2. The molecule has 18 heteroatoms. The number of carbonyl (C=O) groups excluding carboxylic acids is 7. The van der Waals surface area contributed by atoms with Crippen molar-refractivity contribution in [2.24, 2.45) is 27.7 Å². The van der Waals surface area contributed by atoms with Crippen LogP contribution in [0.5, 0.6) is 23.0 Å². The summed E-state index contributed by atoms with van der Waals surface area (Å²) < 4.78 is 21.9. The molecule has 1 saturated heterocycles. The van der Waals surface area contributed by atoms with Crippen molar-refractivity contribution < 1.29 is 52.5 Å². The summed E-state index contributed by atoms with van der Waals surface area (Å²) in [5.74, 6) is -0.433. The summed E-state index contributed by atoms with van der Waals surface area (Å²) in [6.07, 6.45) is 10.1. The second-order valence-corrected chi connectivity index (χ2v) is 21.0. The van der Waals surface area contributed by atoms with Gasteiger partial charge in [-0.25, -0.2) is 0 Å². The highest BCUT2D eigenvalue weighted by Crippen LogP contribution is 2.40. The molecule has 0 saturated carbocycles. The van der Waals surface area contributed by atoms with Crippen LogP contribution in [0.25, 0.3) is 5.57 Å². The SMILES string of the molecule is CCCOc1cc2c(cc1C)C(=O)N1C=C(c3ccc(OC)cc3)C[C@H]1C=N2.CCOc1cc2c(cc1OC)C(=O)N1C=C(C)C[C@H]1C=N2.Cc1ccc(NC(=O)[C@H](C)CC(=O)[C@@H](NC(=O)CN2C(=O)CC(C)C2=O)C(C)C)cc1. The lowest BCUT2D eigenvalue weighted by Crippen LogP contribution is -2.49. The molecule has 5 heterocycles. The number of ether oxygens (including phenoxy) is 4. The highest BCUT2D eigenvalue weighted by Gasteiger charge is 2.38. The molecule has 4 aromatic rings. The maximum absolute atomic E-state index is 13.2. The number of fused-ring (bicyclic) bond motifs is 4. The van der Waals surface area contributed by atoms with Gasteiger partial charge in [-0.05, 0) is 99.6 Å². The number of methoxy groups -OCH3 is 2. The Morgan fingerprint density at radius 1 is 0.725 bits per heavy atom. The van der Waals surface area contributed by atoms with E-state index in [2.05, 4.69) is 27.5 Å². The standard InChI is InChI=1S/C23H31N3O5.C23H24N2O3.C16H18N2O3/c1-13(2)21(25-19(28)12-26-20(29)11-16(5)23(26)31)18(27)10-15(4)22(30)24-17-8-6-14(3)7-9-17;1-4-9-28-22-12-21-20(10-15(22)2)23(26)25-14-17(11-18(25)13-24-21)16-5-7-19(27-3)8-6-16;1-4-21-15-7-13-12(6-14(15)20-3)16(19)18-9-10(2)5-11(18)8-17-13/h6-9,13,15-16,21H,10-12H2,1-5H3,(H,24,30)(H,25,28);5-8,10,12-14,18H,4,9,11H2,1-3H3;6-9,11H,4-5H2,1-3H3/t15-,16?,21+;18-;11-/m100/s1. The van der Waals surface area contributed by atoms with Crippen molar-refractivity contribution in [1.82, 2.24) is 20.0 Å². The number of likely N-dealkylation sites (tertiary alicyclic amines) is 1. The Bertz CT molecular complexity index is 3130. The Balaban J connectivity index is 0.000000176. The molecule has 4 aromatic carbocycles. The number of amides is 6. The van der Waals surface area contributed by atoms with E-state index in [0.717, 1.165) is 57.9 Å². The summed E-state index contributed by atoms with van der Waals surface area (Å²) in [4.78, 5) is 101. The molecule has 0 radical (unpaired) electrons. The largest absolute Gasteiger partial charge is 0.497 e. The normalized spacial score (nSPS) is 18.4. The molecule has 1 unspecified atom stereocenters. The minimum Gasteiger partial charge on any atom is -0.497 e. The predicted molar refractivity (Wildman–Crippen MR) is 307 cm³/mol. The summed E-state index contributed by atoms with van der Waals surface area (Å²) in [7, 11) is 3.22. The number of imide groups is 1. The van der Waals surface area contributed by atoms with E-state index < -0.39 is 30.3 Å². The van der Waals surface area contributed by atoms with Gasteiger partial charge in [0.05, 0.1) is 68.1 Å². The van der Waals surface area contributed by atoms with Crippen molar-refractivity contribution in [3.8, 4) is 23.0 Å². The predicted octanol–water partition coefficient (Wildman–Crippen LogP) is 9.76. The first-order valence-corrected chi connectivity index (χ1v) is 27.2. The molecule has 5 atom stereocenters. The first kappa shape index (κ1) is 59.3. The molecule has 5 aliphatic rings. The Morgan fingerprint density at radius 3 is 1.94 bits per heavy atom. The summed E-state index contributed by atoms with van der Waals surface area (Å²) in [6, 6.07) is 21.6. The molecule has 9 rings (SSSR count). The van der Waals surface area contributed by atoms with Gasteiger partial charge in [-0.2, -0.15) is 0 Å². The van der Waals surface area contributed by atoms with E-state index in [0.29, 0.717) is 52.9 Å². The summed E-state index contributed by atoms with van der Waals surface area (Å²) >= 11 is 0. The van der Waals surface area contributed by atoms with Crippen LogP contribution in [-0.2, 0) is 24.0 Å². The third-order valence-corrected chi connectivity index (χ3v) is 14.2. The van der Waals surface area contributed by atoms with Crippen molar-refractivity contribution >= 4 is 76.3 Å². The number of aryl methyl sites for hydroxylation is 2. The van der Waals surface area contributed by atoms with Gasteiger partial charge in [0.15, 0.2) is 17.3 Å². The molecule has 0 aromatic heterocycles. The van der Waals surface area contributed by atoms with Crippen LogP contribution >= 0.6 is 0 Å². The number of anilines is 1. The van der Waals surface area contributed by atoms with E-state index in [1.54, 1.807) is 76.0 Å². The van der Waals surface area contributed by atoms with E-state index in [1.807, 2.05) is 101 Å². The summed E-state index contributed by atoms with van der Waals surface area (Å²) in [5.41, 5.74) is 8.54. The molecule has 0 spiro atoms. The van der Waals surface area contributed by atoms with E-state index in [1.165, 1.54) is 5.57 Å². The van der Waals surface area contributed by atoms with E-state index in [-0.39, 0.29) is 66.2 Å². The van der Waals surface area contributed by atoms with Gasteiger partial charge < -0.3 is 39.4 Å². The number of nitrogens with zero attached hydrogens (tertiary/aromatic N) is 5. The molecule has 0 bridgehead atoms. The van der Waals surface area contributed by atoms with E-state index >= 15 is 0 Å². The van der Waals surface area contributed by atoms with Crippen LogP contribution in [0.15, 0.2) is 101 Å². The van der Waals surface area contributed by atoms with Gasteiger partial charge in [0.25, 0.3) is 11.8 Å². The number of carbonyl (C=O) groups is 7. The van der Waals surface area contributed by atoms with Crippen molar-refractivity contribution in [2.45, 2.75) is 113 Å². The number of rotatable bonds is 17. The molecule has 18 nitrogen and oxygen atoms in total. The van der Waals surface area contributed by atoms with Crippen molar-refractivity contribution in [3.63, 3.8) is 0 Å². The van der Waals surface area contributed by atoms with Crippen LogP contribution in [0.1, 0.15) is 118 Å². The second-order valence-electron chi connectivity index (χ2n) is 21.0. The quantitative estimate of drug-likeness (QED) is 0.0949. The molecule has 2 N–H and O–H groups in total. The fourth-order valence-electron chi connectivity index (χ4n) is 9.73. The van der Waals surface area contributed by atoms with E-state index in [4.69, 9.17) is 18.9 Å². The first-order chi connectivity index (χ1) is 38.2.